The third-order valence-electron chi connectivity index (χ3n) is 3.71. The van der Waals surface area contributed by atoms with E-state index < -0.39 is 0 Å². The quantitative estimate of drug-likeness (QED) is 0.749. The van der Waals surface area contributed by atoms with Gasteiger partial charge >= 0.3 is 0 Å². The zero-order valence-corrected chi connectivity index (χ0v) is 13.8. The van der Waals surface area contributed by atoms with Gasteiger partial charge in [-0.15, -0.1) is 0 Å². The molecular weight excluding hydrogens is 280 g/mol. The Hall–Kier alpha value is -1.46. The highest BCUT2D eigenvalue weighted by atomic mass is 16.5. The Morgan fingerprint density at radius 1 is 0.500 bits per heavy atom. The third-order valence-corrected chi connectivity index (χ3v) is 3.71. The fourth-order valence-corrected chi connectivity index (χ4v) is 2.89. The highest BCUT2D eigenvalue weighted by Gasteiger charge is 2.14. The summed E-state index contributed by atoms with van der Waals surface area (Å²) in [5, 5.41) is 2.38. The molecule has 0 spiro atoms. The van der Waals surface area contributed by atoms with Crippen molar-refractivity contribution in [1.29, 1.82) is 0 Å². The van der Waals surface area contributed by atoms with Crippen LogP contribution in [-0.4, -0.2) is 28.4 Å². The zero-order valence-electron chi connectivity index (χ0n) is 13.8. The molecule has 0 N–H and O–H groups in total. The van der Waals surface area contributed by atoms with E-state index in [1.807, 2.05) is 0 Å². The van der Waals surface area contributed by atoms with E-state index in [1.54, 1.807) is 28.4 Å². The zero-order chi connectivity index (χ0) is 15.9. The molecule has 4 heteroatoms. The Kier molecular flexibility index (Phi) is 6.34. The van der Waals surface area contributed by atoms with Crippen molar-refractivity contribution < 1.29 is 18.9 Å². The maximum absolute atomic E-state index is 5.37. The van der Waals surface area contributed by atoms with Crippen LogP contribution in [0.4, 0.5) is 0 Å². The van der Waals surface area contributed by atoms with Gasteiger partial charge in [-0.05, 0) is 33.0 Å². The minimum atomic E-state index is 0.566. The minimum absolute atomic E-state index is 0.566. The van der Waals surface area contributed by atoms with Gasteiger partial charge in [0.25, 0.3) is 0 Å². The molecule has 0 radical (unpaired) electrons. The van der Waals surface area contributed by atoms with Crippen molar-refractivity contribution in [2.75, 3.05) is 28.4 Å². The first kappa shape index (κ1) is 16.9. The molecule has 0 aliphatic heterocycles. The lowest BCUT2D eigenvalue weighted by Crippen LogP contribution is -2.03. The Labute approximate surface area is 131 Å². The van der Waals surface area contributed by atoms with Gasteiger partial charge in [0, 0.05) is 28.4 Å². The summed E-state index contributed by atoms with van der Waals surface area (Å²) in [5.74, 6) is 0. The third kappa shape index (κ3) is 3.47. The van der Waals surface area contributed by atoms with E-state index in [1.165, 1.54) is 10.8 Å². The van der Waals surface area contributed by atoms with Crippen LogP contribution in [0.3, 0.4) is 0 Å². The van der Waals surface area contributed by atoms with Gasteiger partial charge in [0.05, 0.1) is 26.4 Å². The monoisotopic (exact) mass is 304 g/mol. The molecule has 120 valence electrons. The summed E-state index contributed by atoms with van der Waals surface area (Å²) in [6.07, 6.45) is 0. The summed E-state index contributed by atoms with van der Waals surface area (Å²) in [7, 11) is 6.85. The van der Waals surface area contributed by atoms with Gasteiger partial charge in [-0.25, -0.2) is 0 Å². The van der Waals surface area contributed by atoms with E-state index in [-0.39, 0.29) is 0 Å². The van der Waals surface area contributed by atoms with Crippen molar-refractivity contribution in [2.24, 2.45) is 0 Å². The minimum Gasteiger partial charge on any atom is -0.380 e. The van der Waals surface area contributed by atoms with Crippen LogP contribution in [-0.2, 0) is 45.4 Å². The molecule has 0 atom stereocenters. The molecule has 2 aromatic carbocycles. The van der Waals surface area contributed by atoms with Gasteiger partial charge in [-0.3, -0.25) is 0 Å². The lowest BCUT2D eigenvalue weighted by Gasteiger charge is -2.17. The summed E-state index contributed by atoms with van der Waals surface area (Å²) in [6.45, 7) is 2.27. The number of fused-ring (bicyclic) bond motifs is 1. The molecule has 0 heterocycles. The molecular formula is C18H24O4. The highest BCUT2D eigenvalue weighted by Crippen LogP contribution is 2.31. The molecule has 0 bridgehead atoms. The molecule has 0 amide bonds. The lowest BCUT2D eigenvalue weighted by molar-refractivity contribution is 0.179. The lowest BCUT2D eigenvalue weighted by atomic mass is 9.92. The van der Waals surface area contributed by atoms with Gasteiger partial charge in [-0.2, -0.15) is 0 Å². The molecule has 0 saturated heterocycles. The second-order valence-corrected chi connectivity index (χ2v) is 5.25. The Morgan fingerprint density at radius 2 is 0.727 bits per heavy atom. The Bertz CT molecular complexity index is 517. The molecule has 4 nitrogen and oxygen atoms in total. The maximum Gasteiger partial charge on any atom is 0.0719 e. The van der Waals surface area contributed by atoms with Crippen LogP contribution < -0.4 is 0 Å². The number of ether oxygens (including phenoxy) is 4. The van der Waals surface area contributed by atoms with Crippen LogP contribution in [0.1, 0.15) is 22.3 Å². The predicted octanol–water partition coefficient (Wildman–Crippen LogP) is 3.43. The maximum atomic E-state index is 5.37. The van der Waals surface area contributed by atoms with E-state index in [9.17, 15) is 0 Å². The topological polar surface area (TPSA) is 36.9 Å². The van der Waals surface area contributed by atoms with Crippen molar-refractivity contribution >= 4 is 10.8 Å². The second kappa shape index (κ2) is 8.25. The Morgan fingerprint density at radius 3 is 0.909 bits per heavy atom. The average molecular weight is 304 g/mol. The van der Waals surface area contributed by atoms with Crippen LogP contribution >= 0.6 is 0 Å². The number of methoxy groups -OCH3 is 4. The molecule has 0 fully saturated rings. The van der Waals surface area contributed by atoms with Gasteiger partial charge in [-0.1, -0.05) is 24.3 Å². The van der Waals surface area contributed by atoms with Crippen LogP contribution in [0.25, 0.3) is 10.8 Å². The van der Waals surface area contributed by atoms with Gasteiger partial charge < -0.3 is 18.9 Å². The van der Waals surface area contributed by atoms with Crippen LogP contribution in [0.5, 0.6) is 0 Å². The fourth-order valence-electron chi connectivity index (χ4n) is 2.89. The molecule has 0 saturated carbocycles. The number of hydrogen-bond donors (Lipinski definition) is 0. The van der Waals surface area contributed by atoms with Crippen LogP contribution in [0, 0.1) is 0 Å². The summed E-state index contributed by atoms with van der Waals surface area (Å²) < 4.78 is 21.5. The summed E-state index contributed by atoms with van der Waals surface area (Å²) >= 11 is 0. The van der Waals surface area contributed by atoms with E-state index >= 15 is 0 Å². The van der Waals surface area contributed by atoms with Gasteiger partial charge in [0.15, 0.2) is 0 Å². The van der Waals surface area contributed by atoms with Crippen molar-refractivity contribution in [3.63, 3.8) is 0 Å². The van der Waals surface area contributed by atoms with E-state index in [0.717, 1.165) is 22.3 Å². The molecule has 2 aromatic rings. The fraction of sp³-hybridized carbons (Fsp3) is 0.444. The summed E-state index contributed by atoms with van der Waals surface area (Å²) in [4.78, 5) is 0. The summed E-state index contributed by atoms with van der Waals surface area (Å²) in [6, 6.07) is 8.43. The standard InChI is InChI=1S/C18H24O4/c1-19-9-13-5-6-15(11-21-3)18-16(12-22-4)8-7-14(10-20-2)17(13)18/h5-8H,9-12H2,1-4H3. The SMILES string of the molecule is COCc1ccc(COC)c2c(COC)ccc(COC)c12. The van der Waals surface area contributed by atoms with E-state index in [4.69, 9.17) is 18.9 Å². The molecule has 0 aromatic heterocycles. The highest BCUT2D eigenvalue weighted by molar-refractivity contribution is 5.94. The first-order chi connectivity index (χ1) is 10.8. The van der Waals surface area contributed by atoms with Crippen LogP contribution in [0.15, 0.2) is 24.3 Å². The second-order valence-electron chi connectivity index (χ2n) is 5.25. The number of hydrogen-bond acceptors (Lipinski definition) is 4. The van der Waals surface area contributed by atoms with Gasteiger partial charge in [0.2, 0.25) is 0 Å². The van der Waals surface area contributed by atoms with Crippen molar-refractivity contribution in [1.82, 2.24) is 0 Å². The molecule has 0 unspecified atom stereocenters. The molecule has 0 aliphatic rings. The van der Waals surface area contributed by atoms with Gasteiger partial charge in [0.1, 0.15) is 0 Å². The molecule has 22 heavy (non-hydrogen) atoms. The number of benzene rings is 2. The largest absolute Gasteiger partial charge is 0.380 e. The van der Waals surface area contributed by atoms with E-state index in [2.05, 4.69) is 24.3 Å². The first-order valence-electron chi connectivity index (χ1n) is 7.27. The molecule has 2 rings (SSSR count). The first-order valence-corrected chi connectivity index (χ1v) is 7.27. The van der Waals surface area contributed by atoms with Crippen molar-refractivity contribution in [2.45, 2.75) is 26.4 Å². The van der Waals surface area contributed by atoms with Crippen molar-refractivity contribution in [3.8, 4) is 0 Å². The number of rotatable bonds is 8. The Balaban J connectivity index is 2.76. The van der Waals surface area contributed by atoms with E-state index in [0.29, 0.717) is 26.4 Å². The normalized spacial score (nSPS) is 11.3. The smallest absolute Gasteiger partial charge is 0.0719 e. The predicted molar refractivity (Wildman–Crippen MR) is 86.8 cm³/mol. The summed E-state index contributed by atoms with van der Waals surface area (Å²) in [5.41, 5.74) is 4.62. The van der Waals surface area contributed by atoms with Crippen LogP contribution in [0.2, 0.25) is 0 Å². The van der Waals surface area contributed by atoms with Crippen molar-refractivity contribution in [3.05, 3.63) is 46.5 Å². The molecule has 0 aliphatic carbocycles. The average Bonchev–Trinajstić information content (AvgIpc) is 2.52.